The Labute approximate surface area is 214 Å². The van der Waals surface area contributed by atoms with Gasteiger partial charge in [0.05, 0.1) is 11.9 Å². The summed E-state index contributed by atoms with van der Waals surface area (Å²) in [4.78, 5) is 27.9. The van der Waals surface area contributed by atoms with Gasteiger partial charge >= 0.3 is 0 Å². The van der Waals surface area contributed by atoms with Gasteiger partial charge in [-0.05, 0) is 43.9 Å². The number of hydrogen-bond donors (Lipinski definition) is 1. The highest BCUT2D eigenvalue weighted by Gasteiger charge is 2.29. The lowest BCUT2D eigenvalue weighted by Gasteiger charge is -2.31. The van der Waals surface area contributed by atoms with Crippen LogP contribution in [0.5, 0.6) is 0 Å². The number of halogens is 1. The number of carbonyl (C=O) groups is 2. The van der Waals surface area contributed by atoms with Crippen LogP contribution in [-0.2, 0) is 26.2 Å². The minimum absolute atomic E-state index is 0.0189. The SMILES string of the molecule is CCCCNC(=O)[C@H](CC)N(Cc1cccc(C)c1)C(=O)CCCN(c1ccccc1F)S(C)(=O)=O. The van der Waals surface area contributed by atoms with E-state index in [-0.39, 0.29) is 43.4 Å². The van der Waals surface area contributed by atoms with E-state index in [9.17, 15) is 22.4 Å². The molecule has 0 aliphatic heterocycles. The molecule has 2 aromatic carbocycles. The van der Waals surface area contributed by atoms with Gasteiger partial charge in [0, 0.05) is 26.1 Å². The van der Waals surface area contributed by atoms with Gasteiger partial charge in [-0.15, -0.1) is 0 Å². The van der Waals surface area contributed by atoms with E-state index in [0.29, 0.717) is 13.0 Å². The number of benzene rings is 2. The molecule has 0 aliphatic rings. The summed E-state index contributed by atoms with van der Waals surface area (Å²) >= 11 is 0. The van der Waals surface area contributed by atoms with E-state index in [1.54, 1.807) is 11.0 Å². The number of anilines is 1. The first kappa shape index (κ1) is 29.3. The van der Waals surface area contributed by atoms with E-state index < -0.39 is 21.9 Å². The summed E-state index contributed by atoms with van der Waals surface area (Å²) in [6.07, 6.45) is 3.45. The fraction of sp³-hybridized carbons (Fsp3) is 0.481. The number of hydrogen-bond acceptors (Lipinski definition) is 4. The number of rotatable bonds is 14. The number of amides is 2. The summed E-state index contributed by atoms with van der Waals surface area (Å²) in [5.74, 6) is -1.10. The van der Waals surface area contributed by atoms with Gasteiger partial charge in [0.15, 0.2) is 0 Å². The third-order valence-corrected chi connectivity index (χ3v) is 7.10. The minimum Gasteiger partial charge on any atom is -0.354 e. The van der Waals surface area contributed by atoms with Crippen LogP contribution in [0.3, 0.4) is 0 Å². The fourth-order valence-electron chi connectivity index (χ4n) is 4.07. The molecular weight excluding hydrogens is 481 g/mol. The molecule has 0 radical (unpaired) electrons. The summed E-state index contributed by atoms with van der Waals surface area (Å²) < 4.78 is 40.0. The molecule has 0 heterocycles. The molecule has 9 heteroatoms. The number of unbranched alkanes of at least 4 members (excludes halogenated alkanes) is 1. The molecular formula is C27H38FN3O4S. The predicted molar refractivity (Wildman–Crippen MR) is 142 cm³/mol. The maximum atomic E-state index is 14.3. The lowest BCUT2D eigenvalue weighted by atomic mass is 10.1. The van der Waals surface area contributed by atoms with Gasteiger partial charge < -0.3 is 10.2 Å². The zero-order valence-corrected chi connectivity index (χ0v) is 22.5. The van der Waals surface area contributed by atoms with Crippen LogP contribution in [0.2, 0.25) is 0 Å². The molecule has 0 aliphatic carbocycles. The quantitative estimate of drug-likeness (QED) is 0.375. The average Bonchev–Trinajstić information content (AvgIpc) is 2.81. The molecule has 36 heavy (non-hydrogen) atoms. The second-order valence-electron chi connectivity index (χ2n) is 8.97. The van der Waals surface area contributed by atoms with Gasteiger partial charge in [-0.2, -0.15) is 0 Å². The number of para-hydroxylation sites is 1. The maximum absolute atomic E-state index is 14.3. The average molecular weight is 520 g/mol. The van der Waals surface area contributed by atoms with Crippen molar-refractivity contribution in [1.29, 1.82) is 0 Å². The molecule has 0 bridgehead atoms. The molecule has 1 atom stereocenters. The molecule has 0 aromatic heterocycles. The number of nitrogens with zero attached hydrogens (tertiary/aromatic N) is 2. The lowest BCUT2D eigenvalue weighted by Crippen LogP contribution is -2.49. The zero-order valence-electron chi connectivity index (χ0n) is 21.7. The Hall–Kier alpha value is -2.94. The second kappa shape index (κ2) is 14.0. The van der Waals surface area contributed by atoms with Crippen LogP contribution in [0.4, 0.5) is 10.1 Å². The van der Waals surface area contributed by atoms with Crippen molar-refractivity contribution in [2.24, 2.45) is 0 Å². The highest BCUT2D eigenvalue weighted by molar-refractivity contribution is 7.92. The number of carbonyl (C=O) groups excluding carboxylic acids is 2. The Morgan fingerprint density at radius 1 is 1.06 bits per heavy atom. The summed E-state index contributed by atoms with van der Waals surface area (Å²) in [6, 6.07) is 12.8. The lowest BCUT2D eigenvalue weighted by molar-refractivity contribution is -0.141. The van der Waals surface area contributed by atoms with Crippen LogP contribution < -0.4 is 9.62 Å². The molecule has 2 rings (SSSR count). The third-order valence-electron chi connectivity index (χ3n) is 5.92. The topological polar surface area (TPSA) is 86.8 Å². The van der Waals surface area contributed by atoms with Gasteiger partial charge in [0.1, 0.15) is 11.9 Å². The molecule has 0 saturated heterocycles. The van der Waals surface area contributed by atoms with Crippen LogP contribution in [0.1, 0.15) is 57.1 Å². The van der Waals surface area contributed by atoms with Crippen molar-refractivity contribution in [3.05, 3.63) is 65.5 Å². The molecule has 0 unspecified atom stereocenters. The van der Waals surface area contributed by atoms with E-state index in [1.165, 1.54) is 18.2 Å². The Balaban J connectivity index is 2.21. The van der Waals surface area contributed by atoms with Crippen LogP contribution in [0.15, 0.2) is 48.5 Å². The summed E-state index contributed by atoms with van der Waals surface area (Å²) in [7, 11) is -3.75. The summed E-state index contributed by atoms with van der Waals surface area (Å²) in [5.41, 5.74) is 1.91. The van der Waals surface area contributed by atoms with Crippen LogP contribution >= 0.6 is 0 Å². The van der Waals surface area contributed by atoms with E-state index in [0.717, 1.165) is 34.5 Å². The normalized spacial score (nSPS) is 12.1. The summed E-state index contributed by atoms with van der Waals surface area (Å²) in [5, 5.41) is 2.93. The number of aryl methyl sites for hydroxylation is 1. The van der Waals surface area contributed by atoms with Crippen molar-refractivity contribution in [1.82, 2.24) is 10.2 Å². The van der Waals surface area contributed by atoms with Gasteiger partial charge in [0.25, 0.3) is 0 Å². The Kier molecular flexibility index (Phi) is 11.4. The zero-order chi connectivity index (χ0) is 26.7. The van der Waals surface area contributed by atoms with Crippen molar-refractivity contribution >= 4 is 27.5 Å². The molecule has 198 valence electrons. The van der Waals surface area contributed by atoms with Crippen LogP contribution in [-0.4, -0.2) is 50.5 Å². The van der Waals surface area contributed by atoms with Crippen LogP contribution in [0, 0.1) is 12.7 Å². The largest absolute Gasteiger partial charge is 0.354 e. The fourth-order valence-corrected chi connectivity index (χ4v) is 5.04. The van der Waals surface area contributed by atoms with Gasteiger partial charge in [0.2, 0.25) is 21.8 Å². The van der Waals surface area contributed by atoms with Gasteiger partial charge in [-0.25, -0.2) is 12.8 Å². The number of sulfonamides is 1. The third kappa shape index (κ3) is 8.62. The molecule has 0 spiro atoms. The molecule has 1 N–H and O–H groups in total. The highest BCUT2D eigenvalue weighted by atomic mass is 32.2. The Bertz CT molecular complexity index is 1120. The standard InChI is InChI=1S/C27H38FN3O4S/c1-5-7-17-29-27(33)24(6-2)30(20-22-13-10-12-21(3)19-22)26(32)16-11-18-31(36(4,34)35)25-15-9-8-14-23(25)28/h8-10,12-15,19,24H,5-7,11,16-18,20H2,1-4H3,(H,29,33)/t24-/m0/s1. The van der Waals surface area contributed by atoms with Crippen molar-refractivity contribution in [3.63, 3.8) is 0 Å². The molecule has 0 saturated carbocycles. The van der Waals surface area contributed by atoms with E-state index in [4.69, 9.17) is 0 Å². The Morgan fingerprint density at radius 2 is 1.78 bits per heavy atom. The van der Waals surface area contributed by atoms with E-state index in [2.05, 4.69) is 5.32 Å². The van der Waals surface area contributed by atoms with Crippen molar-refractivity contribution in [2.75, 3.05) is 23.7 Å². The minimum atomic E-state index is -3.75. The first-order valence-electron chi connectivity index (χ1n) is 12.4. The first-order chi connectivity index (χ1) is 17.1. The number of nitrogens with one attached hydrogen (secondary N) is 1. The van der Waals surface area contributed by atoms with Crippen LogP contribution in [0.25, 0.3) is 0 Å². The maximum Gasteiger partial charge on any atom is 0.242 e. The molecule has 2 aromatic rings. The van der Waals surface area contributed by atoms with E-state index in [1.807, 2.05) is 45.0 Å². The monoisotopic (exact) mass is 519 g/mol. The predicted octanol–water partition coefficient (Wildman–Crippen LogP) is 4.40. The smallest absolute Gasteiger partial charge is 0.242 e. The molecule has 0 fully saturated rings. The van der Waals surface area contributed by atoms with Crippen molar-refractivity contribution < 1.29 is 22.4 Å². The van der Waals surface area contributed by atoms with Gasteiger partial charge in [-0.1, -0.05) is 62.2 Å². The first-order valence-corrected chi connectivity index (χ1v) is 14.3. The summed E-state index contributed by atoms with van der Waals surface area (Å²) in [6.45, 7) is 6.63. The van der Waals surface area contributed by atoms with Crippen molar-refractivity contribution in [3.8, 4) is 0 Å². The highest BCUT2D eigenvalue weighted by Crippen LogP contribution is 2.22. The van der Waals surface area contributed by atoms with Crippen molar-refractivity contribution in [2.45, 2.75) is 65.5 Å². The van der Waals surface area contributed by atoms with Gasteiger partial charge in [-0.3, -0.25) is 13.9 Å². The second-order valence-corrected chi connectivity index (χ2v) is 10.9. The Morgan fingerprint density at radius 3 is 2.39 bits per heavy atom. The molecule has 2 amide bonds. The molecule has 7 nitrogen and oxygen atoms in total. The van der Waals surface area contributed by atoms with E-state index >= 15 is 0 Å².